The van der Waals surface area contributed by atoms with Gasteiger partial charge in [-0.2, -0.15) is 9.78 Å². The van der Waals surface area contributed by atoms with Crippen LogP contribution in [0.3, 0.4) is 0 Å². The smallest absolute Gasteiger partial charge is 0.308 e. The van der Waals surface area contributed by atoms with Gasteiger partial charge in [0.25, 0.3) is 5.91 Å². The molecular formula is C18H20N8O5. The highest BCUT2D eigenvalue weighted by atomic mass is 16.6. The summed E-state index contributed by atoms with van der Waals surface area (Å²) in [4.78, 5) is 23.7. The molecule has 0 spiro atoms. The van der Waals surface area contributed by atoms with Crippen molar-refractivity contribution in [1.29, 1.82) is 0 Å². The Bertz CT molecular complexity index is 1130. The Balaban J connectivity index is 1.78. The number of hydrogen-bond donors (Lipinski definition) is 2. The van der Waals surface area contributed by atoms with Crippen LogP contribution in [0.1, 0.15) is 48.4 Å². The minimum absolute atomic E-state index is 0.0166. The SMILES string of the molecule is COc1cc(/C=N\NC(=O)c2nnn(-c3nonc3N)c2C(C)C)ccc1OC(C)=O. The van der Waals surface area contributed by atoms with Gasteiger partial charge in [0, 0.05) is 6.92 Å². The van der Waals surface area contributed by atoms with Crippen LogP contribution in [0.25, 0.3) is 5.82 Å². The van der Waals surface area contributed by atoms with Gasteiger partial charge in [-0.25, -0.2) is 10.1 Å². The molecule has 1 aromatic carbocycles. The van der Waals surface area contributed by atoms with E-state index in [1.54, 1.807) is 18.2 Å². The van der Waals surface area contributed by atoms with Crippen LogP contribution < -0.4 is 20.6 Å². The van der Waals surface area contributed by atoms with Crippen LogP contribution in [0.15, 0.2) is 27.9 Å². The Kier molecular flexibility index (Phi) is 6.23. The molecule has 0 bridgehead atoms. The minimum atomic E-state index is -0.579. The van der Waals surface area contributed by atoms with Crippen molar-refractivity contribution in [3.8, 4) is 17.3 Å². The van der Waals surface area contributed by atoms with Crippen LogP contribution in [0.5, 0.6) is 11.5 Å². The number of carbonyl (C=O) groups excluding carboxylic acids is 2. The third-order valence-electron chi connectivity index (χ3n) is 3.98. The van der Waals surface area contributed by atoms with Gasteiger partial charge >= 0.3 is 5.97 Å². The van der Waals surface area contributed by atoms with Gasteiger partial charge in [-0.15, -0.1) is 5.10 Å². The number of benzene rings is 1. The molecule has 2 aromatic heterocycles. The van der Waals surface area contributed by atoms with Crippen molar-refractivity contribution in [2.75, 3.05) is 12.8 Å². The molecule has 31 heavy (non-hydrogen) atoms. The maximum Gasteiger partial charge on any atom is 0.308 e. The summed E-state index contributed by atoms with van der Waals surface area (Å²) in [7, 11) is 1.44. The first kappa shape index (κ1) is 21.4. The lowest BCUT2D eigenvalue weighted by Crippen LogP contribution is -2.21. The molecule has 0 aliphatic rings. The van der Waals surface area contributed by atoms with Gasteiger partial charge in [0.05, 0.1) is 19.0 Å². The Morgan fingerprint density at radius 2 is 2.06 bits per heavy atom. The minimum Gasteiger partial charge on any atom is -0.493 e. The number of nitrogens with two attached hydrogens (primary N) is 1. The standard InChI is InChI=1S/C18H20N8O5/c1-9(2)15-14(21-25-26(15)17-16(19)23-31-24-17)18(28)22-20-8-11-5-6-12(30-10(3)27)13(7-11)29-4/h5-9H,1-4H3,(H2,19,23)(H,22,28)/b20-8-. The zero-order valence-corrected chi connectivity index (χ0v) is 17.2. The molecule has 3 rings (SSSR count). The van der Waals surface area contributed by atoms with Gasteiger partial charge < -0.3 is 15.2 Å². The molecule has 0 aliphatic carbocycles. The zero-order chi connectivity index (χ0) is 22.5. The topological polar surface area (TPSA) is 173 Å². The van der Waals surface area contributed by atoms with Gasteiger partial charge in [0.2, 0.25) is 11.6 Å². The lowest BCUT2D eigenvalue weighted by molar-refractivity contribution is -0.132. The molecule has 0 radical (unpaired) electrons. The van der Waals surface area contributed by atoms with E-state index < -0.39 is 11.9 Å². The summed E-state index contributed by atoms with van der Waals surface area (Å²) < 4.78 is 16.1. The van der Waals surface area contributed by atoms with E-state index in [2.05, 4.69) is 35.8 Å². The second-order valence-corrected chi connectivity index (χ2v) is 6.57. The normalized spacial score (nSPS) is 11.1. The Morgan fingerprint density at radius 1 is 1.29 bits per heavy atom. The third-order valence-corrected chi connectivity index (χ3v) is 3.98. The molecule has 0 unspecified atom stereocenters. The number of aromatic nitrogens is 5. The number of nitrogen functional groups attached to an aromatic ring is 1. The summed E-state index contributed by atoms with van der Waals surface area (Å²) in [6.45, 7) is 5.01. The van der Waals surface area contributed by atoms with Crippen molar-refractivity contribution in [1.82, 2.24) is 30.7 Å². The maximum absolute atomic E-state index is 12.6. The largest absolute Gasteiger partial charge is 0.493 e. The fraction of sp³-hybridized carbons (Fsp3) is 0.278. The summed E-state index contributed by atoms with van der Waals surface area (Å²) in [5, 5.41) is 19.0. The molecule has 0 aliphatic heterocycles. The summed E-state index contributed by atoms with van der Waals surface area (Å²) >= 11 is 0. The molecule has 0 saturated carbocycles. The van der Waals surface area contributed by atoms with Crippen molar-refractivity contribution in [2.45, 2.75) is 26.7 Å². The third kappa shape index (κ3) is 4.66. The molecule has 162 valence electrons. The Hall–Kier alpha value is -4.29. The Morgan fingerprint density at radius 3 is 2.68 bits per heavy atom. The summed E-state index contributed by atoms with van der Waals surface area (Å²) in [6.07, 6.45) is 1.40. The quantitative estimate of drug-likeness (QED) is 0.240. The van der Waals surface area contributed by atoms with Crippen molar-refractivity contribution in [3.63, 3.8) is 0 Å². The molecule has 13 nitrogen and oxygen atoms in total. The average molecular weight is 428 g/mol. The van der Waals surface area contributed by atoms with E-state index >= 15 is 0 Å². The number of hydrazone groups is 1. The number of amides is 1. The highest BCUT2D eigenvalue weighted by Gasteiger charge is 2.25. The van der Waals surface area contributed by atoms with Crippen LogP contribution in [0, 0.1) is 0 Å². The number of methoxy groups -OCH3 is 1. The van der Waals surface area contributed by atoms with E-state index in [0.717, 1.165) is 0 Å². The number of esters is 1. The fourth-order valence-corrected chi connectivity index (χ4v) is 2.69. The predicted octanol–water partition coefficient (Wildman–Crippen LogP) is 1.05. The summed E-state index contributed by atoms with van der Waals surface area (Å²) in [5.41, 5.74) is 9.23. The van der Waals surface area contributed by atoms with E-state index in [1.807, 2.05) is 13.8 Å². The van der Waals surface area contributed by atoms with E-state index in [9.17, 15) is 9.59 Å². The second kappa shape index (κ2) is 9.02. The fourth-order valence-electron chi connectivity index (χ4n) is 2.69. The van der Waals surface area contributed by atoms with Crippen LogP contribution >= 0.6 is 0 Å². The number of hydrogen-bond acceptors (Lipinski definition) is 11. The first-order chi connectivity index (χ1) is 14.8. The van der Waals surface area contributed by atoms with Crippen molar-refractivity contribution < 1.29 is 23.7 Å². The first-order valence-corrected chi connectivity index (χ1v) is 9.05. The van der Waals surface area contributed by atoms with Crippen molar-refractivity contribution >= 4 is 23.9 Å². The number of ether oxygens (including phenoxy) is 2. The molecule has 0 saturated heterocycles. The highest BCUT2D eigenvalue weighted by Crippen LogP contribution is 2.27. The van der Waals surface area contributed by atoms with E-state index in [4.69, 9.17) is 15.2 Å². The number of carbonyl (C=O) groups is 2. The number of anilines is 1. The lowest BCUT2D eigenvalue weighted by Gasteiger charge is -2.08. The van der Waals surface area contributed by atoms with Gasteiger partial charge in [-0.05, 0) is 40.0 Å². The second-order valence-electron chi connectivity index (χ2n) is 6.57. The van der Waals surface area contributed by atoms with Crippen molar-refractivity contribution in [3.05, 3.63) is 35.2 Å². The highest BCUT2D eigenvalue weighted by molar-refractivity contribution is 5.94. The van der Waals surface area contributed by atoms with Crippen LogP contribution in [-0.4, -0.2) is 50.5 Å². The van der Waals surface area contributed by atoms with Gasteiger partial charge in [0.15, 0.2) is 17.2 Å². The van der Waals surface area contributed by atoms with Gasteiger partial charge in [-0.1, -0.05) is 19.1 Å². The molecule has 3 N–H and O–H groups in total. The lowest BCUT2D eigenvalue weighted by atomic mass is 10.1. The molecule has 0 atom stereocenters. The van der Waals surface area contributed by atoms with E-state index in [-0.39, 0.29) is 29.0 Å². The monoisotopic (exact) mass is 428 g/mol. The van der Waals surface area contributed by atoms with Crippen molar-refractivity contribution in [2.24, 2.45) is 5.10 Å². The molecular weight excluding hydrogens is 408 g/mol. The first-order valence-electron chi connectivity index (χ1n) is 9.05. The van der Waals surface area contributed by atoms with Crippen LogP contribution in [0.2, 0.25) is 0 Å². The number of nitrogens with one attached hydrogen (secondary N) is 1. The zero-order valence-electron chi connectivity index (χ0n) is 17.2. The average Bonchev–Trinajstić information content (AvgIpc) is 3.34. The molecule has 13 heteroatoms. The molecule has 2 heterocycles. The number of nitrogens with zero attached hydrogens (tertiary/aromatic N) is 6. The predicted molar refractivity (Wildman–Crippen MR) is 107 cm³/mol. The number of rotatable bonds is 7. The van der Waals surface area contributed by atoms with Crippen LogP contribution in [-0.2, 0) is 4.79 Å². The Labute approximate surface area is 176 Å². The molecule has 0 fully saturated rings. The molecule has 3 aromatic rings. The molecule has 1 amide bonds. The van der Waals surface area contributed by atoms with E-state index in [1.165, 1.54) is 24.9 Å². The summed E-state index contributed by atoms with van der Waals surface area (Å²) in [5.74, 6) is -0.422. The van der Waals surface area contributed by atoms with Crippen LogP contribution in [0.4, 0.5) is 5.82 Å². The van der Waals surface area contributed by atoms with Gasteiger partial charge in [0.1, 0.15) is 0 Å². The summed E-state index contributed by atoms with van der Waals surface area (Å²) in [6, 6.07) is 4.80. The maximum atomic E-state index is 12.6. The van der Waals surface area contributed by atoms with E-state index in [0.29, 0.717) is 17.0 Å². The van der Waals surface area contributed by atoms with Gasteiger partial charge in [-0.3, -0.25) is 9.59 Å².